The molecule has 0 amide bonds. The van der Waals surface area contributed by atoms with E-state index in [2.05, 4.69) is 12.1 Å². The zero-order valence-corrected chi connectivity index (χ0v) is 19.4. The molecule has 150 valence electrons. The van der Waals surface area contributed by atoms with Gasteiger partial charge < -0.3 is 21.4 Å². The van der Waals surface area contributed by atoms with Crippen molar-refractivity contribution in [1.29, 1.82) is 0 Å². The van der Waals surface area contributed by atoms with Crippen molar-refractivity contribution in [3.8, 4) is 0 Å². The summed E-state index contributed by atoms with van der Waals surface area (Å²) in [4.78, 5) is 0. The van der Waals surface area contributed by atoms with E-state index in [1.54, 1.807) is 0 Å². The van der Waals surface area contributed by atoms with E-state index in [-0.39, 0.29) is 11.1 Å². The second-order valence-electron chi connectivity index (χ2n) is 6.59. The third-order valence-electron chi connectivity index (χ3n) is 3.97. The fraction of sp³-hybridized carbons (Fsp3) is 0.333. The highest BCUT2D eigenvalue weighted by Crippen LogP contribution is 2.33. The highest BCUT2D eigenvalue weighted by Gasteiger charge is 2.47. The largest absolute Gasteiger partial charge is 0.673 e. The van der Waals surface area contributed by atoms with Crippen LogP contribution in [0, 0.1) is 7.14 Å². The molecule has 0 aliphatic carbocycles. The van der Waals surface area contributed by atoms with E-state index < -0.39 is 36.9 Å². The molecule has 0 saturated carbocycles. The van der Waals surface area contributed by atoms with E-state index in [4.69, 9.17) is 11.6 Å². The standard InChI is InChI=1S/C18H22ClFISi.BF4/c1-13(2)22(20,14(3)4)18-11-10-15(19)12-17(18)21-16-8-6-5-7-9-16;2-1(3,4)5/h5-14H,1-4H3;/q+1;-1. The van der Waals surface area contributed by atoms with Crippen molar-refractivity contribution in [3.63, 3.8) is 0 Å². The molecule has 0 aromatic heterocycles. The van der Waals surface area contributed by atoms with Crippen molar-refractivity contribution < 1.29 is 42.6 Å². The number of benzene rings is 2. The van der Waals surface area contributed by atoms with Gasteiger partial charge >= 0.3 is 28.5 Å². The quantitative estimate of drug-likeness (QED) is 0.238. The van der Waals surface area contributed by atoms with Crippen molar-refractivity contribution in [2.45, 2.75) is 38.8 Å². The Balaban J connectivity index is 0.000000646. The molecular formula is C18H22BClF5ISi. The topological polar surface area (TPSA) is 0 Å². The van der Waals surface area contributed by atoms with Crippen LogP contribution in [-0.4, -0.2) is 15.7 Å². The van der Waals surface area contributed by atoms with Gasteiger partial charge in [-0.05, 0) is 29.3 Å². The fourth-order valence-electron chi connectivity index (χ4n) is 2.76. The molecule has 0 bridgehead atoms. The molecule has 0 aliphatic rings. The van der Waals surface area contributed by atoms with Crippen molar-refractivity contribution in [1.82, 2.24) is 0 Å². The van der Waals surface area contributed by atoms with Crippen LogP contribution >= 0.6 is 11.6 Å². The SMILES string of the molecule is CC(C)[Si](F)(c1ccc(Cl)cc1[I+]c1ccccc1)C(C)C.F[B-](F)(F)F. The van der Waals surface area contributed by atoms with Crippen molar-refractivity contribution >= 4 is 32.4 Å². The van der Waals surface area contributed by atoms with Crippen LogP contribution < -0.4 is 26.4 Å². The lowest BCUT2D eigenvalue weighted by molar-refractivity contribution is -0.596. The maximum Gasteiger partial charge on any atom is 0.673 e. The highest BCUT2D eigenvalue weighted by molar-refractivity contribution is 6.88. The molecule has 0 saturated heterocycles. The fourth-order valence-corrected chi connectivity index (χ4v) is 10.4. The average molecular weight is 535 g/mol. The molecule has 0 nitrogen and oxygen atoms in total. The average Bonchev–Trinajstić information content (AvgIpc) is 2.53. The Morgan fingerprint density at radius 3 is 1.81 bits per heavy atom. The molecule has 2 aromatic rings. The van der Waals surface area contributed by atoms with Gasteiger partial charge in [0.25, 0.3) is 8.41 Å². The van der Waals surface area contributed by atoms with Gasteiger partial charge in [0.2, 0.25) is 0 Å². The van der Waals surface area contributed by atoms with Crippen LogP contribution in [0.5, 0.6) is 0 Å². The first-order valence-corrected chi connectivity index (χ1v) is 13.0. The summed E-state index contributed by atoms with van der Waals surface area (Å²) >= 11 is 5.79. The molecule has 2 rings (SSSR count). The summed E-state index contributed by atoms with van der Waals surface area (Å²) in [6, 6.07) is 16.2. The lowest BCUT2D eigenvalue weighted by Crippen LogP contribution is -3.62. The third kappa shape index (κ3) is 7.73. The molecule has 9 heteroatoms. The van der Waals surface area contributed by atoms with Crippen LogP contribution in [0.25, 0.3) is 0 Å². The Morgan fingerprint density at radius 2 is 1.37 bits per heavy atom. The molecule has 27 heavy (non-hydrogen) atoms. The Bertz CT molecular complexity index is 711. The highest BCUT2D eigenvalue weighted by atomic mass is 127. The van der Waals surface area contributed by atoms with Gasteiger partial charge in [-0.3, -0.25) is 0 Å². The summed E-state index contributed by atoms with van der Waals surface area (Å²) in [5.74, 6) is 0. The van der Waals surface area contributed by atoms with Crippen LogP contribution in [0.15, 0.2) is 48.5 Å². The predicted molar refractivity (Wildman–Crippen MR) is 102 cm³/mol. The minimum Gasteiger partial charge on any atom is -0.418 e. The summed E-state index contributed by atoms with van der Waals surface area (Å²) in [6.45, 7) is 8.08. The minimum atomic E-state index is -6.00. The number of rotatable bonds is 5. The summed E-state index contributed by atoms with van der Waals surface area (Å²) in [7, 11) is -9.03. The number of hydrogen-bond acceptors (Lipinski definition) is 0. The van der Waals surface area contributed by atoms with E-state index in [1.807, 2.05) is 64.1 Å². The maximum atomic E-state index is 16.0. The van der Waals surface area contributed by atoms with Crippen LogP contribution in [0.1, 0.15) is 27.7 Å². The summed E-state index contributed by atoms with van der Waals surface area (Å²) in [5.41, 5.74) is 0.124. The molecule has 0 heterocycles. The van der Waals surface area contributed by atoms with Crippen molar-refractivity contribution in [2.75, 3.05) is 0 Å². The lowest BCUT2D eigenvalue weighted by atomic mass is 10.3. The Hall–Kier alpha value is -0.608. The van der Waals surface area contributed by atoms with Gasteiger partial charge in [-0.15, -0.1) is 0 Å². The first-order chi connectivity index (χ1) is 12.4. The molecule has 0 unspecified atom stereocenters. The first kappa shape index (κ1) is 24.4. The Morgan fingerprint density at radius 1 is 0.889 bits per heavy atom. The second kappa shape index (κ2) is 10.2. The summed E-state index contributed by atoms with van der Waals surface area (Å²) < 4.78 is 57.4. The van der Waals surface area contributed by atoms with E-state index >= 15 is 4.11 Å². The van der Waals surface area contributed by atoms with Gasteiger partial charge in [0.1, 0.15) is 0 Å². The minimum absolute atomic E-state index is 0.0622. The van der Waals surface area contributed by atoms with Crippen molar-refractivity contribution in [2.24, 2.45) is 0 Å². The summed E-state index contributed by atoms with van der Waals surface area (Å²) in [6.07, 6.45) is 0. The van der Waals surface area contributed by atoms with E-state index in [0.717, 1.165) is 8.76 Å². The molecule has 0 aliphatic heterocycles. The molecule has 2 aromatic carbocycles. The van der Waals surface area contributed by atoms with Gasteiger partial charge in [0.05, 0.1) is 0 Å². The Kier molecular flexibility index (Phi) is 9.27. The van der Waals surface area contributed by atoms with E-state index in [9.17, 15) is 17.3 Å². The number of hydrogen-bond donors (Lipinski definition) is 0. The van der Waals surface area contributed by atoms with Crippen LogP contribution in [0.3, 0.4) is 0 Å². The molecule has 0 fully saturated rings. The molecule has 0 spiro atoms. The first-order valence-electron chi connectivity index (χ1n) is 8.41. The summed E-state index contributed by atoms with van der Waals surface area (Å²) in [5, 5.41) is 1.66. The van der Waals surface area contributed by atoms with E-state index in [1.165, 1.54) is 3.57 Å². The van der Waals surface area contributed by atoms with Gasteiger partial charge in [0, 0.05) is 16.3 Å². The van der Waals surface area contributed by atoms with Gasteiger partial charge in [-0.2, -0.15) is 0 Å². The molecule has 0 atom stereocenters. The number of halogens is 7. The zero-order chi connectivity index (χ0) is 20.8. The van der Waals surface area contributed by atoms with E-state index in [0.29, 0.717) is 5.02 Å². The smallest absolute Gasteiger partial charge is 0.418 e. The van der Waals surface area contributed by atoms with Crippen molar-refractivity contribution in [3.05, 3.63) is 60.7 Å². The normalized spacial score (nSPS) is 12.1. The molecule has 0 N–H and O–H groups in total. The molecular weight excluding hydrogens is 512 g/mol. The van der Waals surface area contributed by atoms with Gasteiger partial charge in [-0.1, -0.05) is 63.6 Å². The van der Waals surface area contributed by atoms with Crippen LogP contribution in [0.4, 0.5) is 21.4 Å². The zero-order valence-electron chi connectivity index (χ0n) is 15.5. The Labute approximate surface area is 174 Å². The maximum absolute atomic E-state index is 16.0. The molecule has 0 radical (unpaired) electrons. The van der Waals surface area contributed by atoms with Crippen LogP contribution in [0.2, 0.25) is 16.1 Å². The predicted octanol–water partition coefficient (Wildman–Crippen LogP) is 3.71. The van der Waals surface area contributed by atoms with Gasteiger partial charge in [0.15, 0.2) is 7.14 Å². The second-order valence-corrected chi connectivity index (χ2v) is 14.4. The lowest BCUT2D eigenvalue weighted by Gasteiger charge is -2.30. The third-order valence-corrected chi connectivity index (χ3v) is 12.2. The monoisotopic (exact) mass is 534 g/mol. The van der Waals surface area contributed by atoms with Crippen LogP contribution in [-0.2, 0) is 0 Å². The van der Waals surface area contributed by atoms with Gasteiger partial charge in [-0.25, -0.2) is 0 Å².